The van der Waals surface area contributed by atoms with E-state index in [2.05, 4.69) is 274 Å². The Morgan fingerprint density at radius 1 is 0.390 bits per heavy atom. The number of H-pyrrole nitrogens is 4. The van der Waals surface area contributed by atoms with Gasteiger partial charge in [-0.2, -0.15) is 0 Å². The second-order valence-corrected chi connectivity index (χ2v) is 34.7. The molecule has 0 saturated carbocycles. The number of fused-ring (bicyclic) bond motifs is 8. The molecule has 5 heterocycles. The second-order valence-electron chi connectivity index (χ2n) is 23.6. The fourth-order valence-electron chi connectivity index (χ4n) is 13.6. The van der Waals surface area contributed by atoms with Gasteiger partial charge in [0.25, 0.3) is 0 Å². The summed E-state index contributed by atoms with van der Waals surface area (Å²) in [5.74, 6) is 10.4. The Labute approximate surface area is 461 Å². The molecule has 4 nitrogen and oxygen atoms in total. The Kier molecular flexibility index (Phi) is 15.5. The number of aromatic amines is 4. The van der Waals surface area contributed by atoms with E-state index >= 15 is 0 Å². The first-order valence-corrected chi connectivity index (χ1v) is 32.4. The maximum Gasteiger partial charge on any atom is 0.146 e. The van der Waals surface area contributed by atoms with Crippen LogP contribution in [0, 0.1) is 56.0 Å². The molecule has 6 heteroatoms. The quantitative estimate of drug-likeness (QED) is 0.0779. The standard InChI is InChI=1S/C71H78N4Si2/c1-17-55-20-18-19-21-58(55)70-63-34-30-59(72-63)68(56-26-22-53(23-27-56)38-40-76(44(2)3,45(4)5)46(6)7)61-32-36-65(74-61)71(67-51(15)42-50(14)43-52(67)16)66-37-33-62(75-66)69(60-31-35-64(70)73-60)57-28-24-54(25-29-57)39-41-77(47(8)9,48(10)11)49(12)13/h1,18-37,42-49,72-75H,2-16H3. The van der Waals surface area contributed by atoms with Crippen molar-refractivity contribution in [3.05, 3.63) is 233 Å². The highest BCUT2D eigenvalue weighted by Gasteiger charge is 2.42. The minimum Gasteiger partial charge on any atom is -0.354 e. The largest absolute Gasteiger partial charge is 0.354 e. The van der Waals surface area contributed by atoms with E-state index in [-0.39, 0.29) is 0 Å². The Morgan fingerprint density at radius 3 is 1.13 bits per heavy atom. The first-order chi connectivity index (χ1) is 36.8. The van der Waals surface area contributed by atoms with Crippen molar-refractivity contribution in [3.8, 4) is 35.3 Å². The molecule has 0 amide bonds. The smallest absolute Gasteiger partial charge is 0.146 e. The second kappa shape index (κ2) is 21.9. The summed E-state index contributed by atoms with van der Waals surface area (Å²) in [6.45, 7) is 35.1. The predicted molar refractivity (Wildman–Crippen MR) is 332 cm³/mol. The fourth-order valence-corrected chi connectivity index (χ4v) is 24.0. The van der Waals surface area contributed by atoms with Crippen LogP contribution < -0.4 is 21.4 Å². The highest BCUT2D eigenvalue weighted by molar-refractivity contribution is 6.91. The first-order valence-electron chi connectivity index (χ1n) is 28.0. The van der Waals surface area contributed by atoms with Crippen LogP contribution in [0.4, 0.5) is 0 Å². The molecular weight excluding hydrogens is 965 g/mol. The lowest BCUT2D eigenvalue weighted by Crippen LogP contribution is -2.43. The first kappa shape index (κ1) is 54.4. The van der Waals surface area contributed by atoms with Crippen molar-refractivity contribution in [2.24, 2.45) is 0 Å². The SMILES string of the molecule is C#Cc1ccccc1C1=c2ccc([nH]2)=C(c2ccc(C#C[Si](C(C)C)(C(C)C)C(C)C)cc2)c2ccc([nH]2)C(c2c(C)cc(C)cc2C)=c2ccc([nH]2)=C(c2ccc(C#C[Si](C(C)C)(C(C)C)C(C)C)cc2)c2ccc1[nH]2. The van der Waals surface area contributed by atoms with E-state index in [4.69, 9.17) is 6.42 Å². The van der Waals surface area contributed by atoms with Crippen molar-refractivity contribution >= 4 is 38.4 Å². The van der Waals surface area contributed by atoms with Gasteiger partial charge in [-0.1, -0.05) is 161 Å². The monoisotopic (exact) mass is 1040 g/mol. The molecule has 4 aromatic carbocycles. The molecule has 77 heavy (non-hydrogen) atoms. The molecule has 4 N–H and O–H groups in total. The van der Waals surface area contributed by atoms with Crippen LogP contribution in [0.1, 0.15) is 161 Å². The Balaban J connectivity index is 1.33. The number of aromatic nitrogens is 4. The van der Waals surface area contributed by atoms with Crippen LogP contribution in [0.5, 0.6) is 0 Å². The summed E-state index contributed by atoms with van der Waals surface area (Å²) in [5.41, 5.74) is 30.3. The van der Waals surface area contributed by atoms with E-state index in [1.54, 1.807) is 0 Å². The third-order valence-electron chi connectivity index (χ3n) is 17.1. The van der Waals surface area contributed by atoms with Crippen LogP contribution in [0.25, 0.3) is 22.3 Å². The lowest BCUT2D eigenvalue weighted by Gasteiger charge is -2.38. The van der Waals surface area contributed by atoms with Crippen LogP contribution in [0.3, 0.4) is 0 Å². The Bertz CT molecular complexity index is 3870. The maximum absolute atomic E-state index is 6.32. The zero-order valence-electron chi connectivity index (χ0n) is 48.2. The molecular formula is C71H78N4Si2. The molecule has 8 bridgehead atoms. The van der Waals surface area contributed by atoms with Crippen LogP contribution in [0.15, 0.2) is 133 Å². The molecule has 0 saturated heterocycles. The molecule has 1 aliphatic rings. The Hall–Kier alpha value is -7.41. The molecule has 0 atom stereocenters. The molecule has 0 spiro atoms. The average molecular weight is 1040 g/mol. The molecule has 0 unspecified atom stereocenters. The molecule has 0 aliphatic carbocycles. The number of nitrogens with one attached hydrogen (secondary N) is 4. The van der Waals surface area contributed by atoms with Crippen LogP contribution in [0.2, 0.25) is 33.2 Å². The minimum atomic E-state index is -1.93. The summed E-state index contributed by atoms with van der Waals surface area (Å²) >= 11 is 0. The number of rotatable bonds is 10. The lowest BCUT2D eigenvalue weighted by atomic mass is 9.92. The zero-order chi connectivity index (χ0) is 55.1. The maximum atomic E-state index is 6.32. The molecule has 9 rings (SSSR count). The molecule has 8 aromatic rings. The summed E-state index contributed by atoms with van der Waals surface area (Å²) in [6.07, 6.45) is 6.32. The normalized spacial score (nSPS) is 13.0. The summed E-state index contributed by atoms with van der Waals surface area (Å²) in [7, 11) is -3.86. The van der Waals surface area contributed by atoms with Crippen LogP contribution in [-0.4, -0.2) is 36.1 Å². The number of terminal acetylenes is 1. The molecule has 0 fully saturated rings. The third kappa shape index (κ3) is 10.1. The van der Waals surface area contributed by atoms with Gasteiger partial charge < -0.3 is 19.9 Å². The van der Waals surface area contributed by atoms with Crippen molar-refractivity contribution in [1.82, 2.24) is 19.9 Å². The number of benzene rings is 4. The summed E-state index contributed by atoms with van der Waals surface area (Å²) in [5, 5.41) is 3.94. The van der Waals surface area contributed by atoms with Gasteiger partial charge in [-0.05, 0) is 161 Å². The lowest BCUT2D eigenvalue weighted by molar-refractivity contribution is 0.838. The van der Waals surface area contributed by atoms with E-state index < -0.39 is 16.1 Å². The molecule has 0 radical (unpaired) electrons. The Morgan fingerprint density at radius 2 is 0.740 bits per heavy atom. The van der Waals surface area contributed by atoms with Gasteiger partial charge in [0, 0.05) is 88.7 Å². The van der Waals surface area contributed by atoms with Gasteiger partial charge in [0.05, 0.1) is 0 Å². The van der Waals surface area contributed by atoms with Crippen molar-refractivity contribution < 1.29 is 0 Å². The number of aryl methyl sites for hydroxylation is 3. The van der Waals surface area contributed by atoms with Gasteiger partial charge in [0.1, 0.15) is 16.1 Å². The average Bonchev–Trinajstić information content (AvgIpc) is 4.26. The van der Waals surface area contributed by atoms with Gasteiger partial charge in [-0.3, -0.25) is 0 Å². The van der Waals surface area contributed by atoms with Gasteiger partial charge >= 0.3 is 0 Å². The zero-order valence-corrected chi connectivity index (χ0v) is 50.2. The van der Waals surface area contributed by atoms with Gasteiger partial charge in [-0.15, -0.1) is 17.5 Å². The van der Waals surface area contributed by atoms with Gasteiger partial charge in [-0.25, -0.2) is 0 Å². The van der Waals surface area contributed by atoms with Crippen molar-refractivity contribution in [1.29, 1.82) is 0 Å². The number of hydrogen-bond acceptors (Lipinski definition) is 0. The van der Waals surface area contributed by atoms with Gasteiger partial charge in [0.2, 0.25) is 0 Å². The molecule has 390 valence electrons. The third-order valence-corrected chi connectivity index (χ3v) is 29.7. The summed E-state index contributed by atoms with van der Waals surface area (Å²) < 4.78 is 0. The van der Waals surface area contributed by atoms with Crippen LogP contribution >= 0.6 is 0 Å². The van der Waals surface area contributed by atoms with E-state index in [0.29, 0.717) is 33.2 Å². The van der Waals surface area contributed by atoms with Crippen molar-refractivity contribution in [2.75, 3.05) is 0 Å². The minimum absolute atomic E-state index is 0.556. The van der Waals surface area contributed by atoms with E-state index in [9.17, 15) is 0 Å². The summed E-state index contributed by atoms with van der Waals surface area (Å²) in [4.78, 5) is 16.0. The topological polar surface area (TPSA) is 63.2 Å². The van der Waals surface area contributed by atoms with E-state index in [1.165, 1.54) is 22.3 Å². The predicted octanol–water partition coefficient (Wildman–Crippen LogP) is 14.3. The van der Waals surface area contributed by atoms with Crippen molar-refractivity contribution in [3.63, 3.8) is 0 Å². The van der Waals surface area contributed by atoms with E-state index in [0.717, 1.165) is 99.8 Å². The highest BCUT2D eigenvalue weighted by atomic mass is 28.3. The number of hydrogen-bond donors (Lipinski definition) is 4. The fraction of sp³-hybridized carbons (Fsp3) is 0.296. The molecule has 1 aliphatic heterocycles. The van der Waals surface area contributed by atoms with Crippen LogP contribution in [-0.2, 0) is 0 Å². The summed E-state index contributed by atoms with van der Waals surface area (Å²) in [6, 6.07) is 48.4. The van der Waals surface area contributed by atoms with Crippen molar-refractivity contribution in [2.45, 2.75) is 137 Å². The molecule has 4 aromatic heterocycles. The van der Waals surface area contributed by atoms with Gasteiger partial charge in [0.15, 0.2) is 0 Å². The van der Waals surface area contributed by atoms with E-state index in [1.807, 2.05) is 12.1 Å². The highest BCUT2D eigenvalue weighted by Crippen LogP contribution is 2.42.